The molecule has 1 aromatic carbocycles. The fourth-order valence-electron chi connectivity index (χ4n) is 2.21. The summed E-state index contributed by atoms with van der Waals surface area (Å²) in [7, 11) is 0. The number of nitrogens with two attached hydrogens (primary N) is 1. The maximum absolute atomic E-state index is 5.76. The number of hydrazine groups is 1. The predicted octanol–water partition coefficient (Wildman–Crippen LogP) is 3.99. The second-order valence-corrected chi connectivity index (χ2v) is 7.88. The van der Waals surface area contributed by atoms with Gasteiger partial charge in [-0.2, -0.15) is 0 Å². The fraction of sp³-hybridized carbons (Fsp3) is 0.286. The van der Waals surface area contributed by atoms with E-state index in [1.807, 2.05) is 18.2 Å². The van der Waals surface area contributed by atoms with E-state index in [1.165, 1.54) is 0 Å². The van der Waals surface area contributed by atoms with E-state index in [9.17, 15) is 0 Å². The molecular formula is C14H14Br2N2O2S. The molecule has 1 aliphatic rings. The molecule has 2 aromatic rings. The molecule has 0 saturated heterocycles. The van der Waals surface area contributed by atoms with Gasteiger partial charge < -0.3 is 9.47 Å². The molecule has 112 valence electrons. The maximum atomic E-state index is 5.76. The summed E-state index contributed by atoms with van der Waals surface area (Å²) in [6, 6.07) is 7.92. The van der Waals surface area contributed by atoms with Gasteiger partial charge in [-0.1, -0.05) is 6.07 Å². The van der Waals surface area contributed by atoms with Gasteiger partial charge in [0.2, 0.25) is 0 Å². The smallest absolute Gasteiger partial charge is 0.161 e. The van der Waals surface area contributed by atoms with E-state index in [1.54, 1.807) is 11.3 Å². The van der Waals surface area contributed by atoms with Crippen LogP contribution >= 0.6 is 43.2 Å². The normalized spacial score (nSPS) is 15.6. The van der Waals surface area contributed by atoms with Crippen LogP contribution in [0, 0.1) is 0 Å². The zero-order valence-electron chi connectivity index (χ0n) is 11.1. The van der Waals surface area contributed by atoms with Crippen molar-refractivity contribution in [3.8, 4) is 11.5 Å². The Hall–Kier alpha value is -0.600. The molecule has 1 aromatic heterocycles. The number of thiophene rings is 1. The standard InChI is InChI=1S/C14H14Br2N2O2S/c15-9-7-12(21-14(9)16)13(18-17)8-2-3-10-11(6-8)20-5-1-4-19-10/h2-3,6-7,13,18H,1,4-5,17H2. The van der Waals surface area contributed by atoms with Crippen molar-refractivity contribution in [2.45, 2.75) is 12.5 Å². The molecule has 1 unspecified atom stereocenters. The minimum Gasteiger partial charge on any atom is -0.490 e. The molecule has 1 atom stereocenters. The topological polar surface area (TPSA) is 56.5 Å². The van der Waals surface area contributed by atoms with E-state index in [0.29, 0.717) is 13.2 Å². The lowest BCUT2D eigenvalue weighted by Crippen LogP contribution is -2.28. The van der Waals surface area contributed by atoms with Gasteiger partial charge in [-0.05, 0) is 55.6 Å². The van der Waals surface area contributed by atoms with Gasteiger partial charge in [0.1, 0.15) is 0 Å². The lowest BCUT2D eigenvalue weighted by molar-refractivity contribution is 0.297. The first-order chi connectivity index (χ1) is 10.2. The van der Waals surface area contributed by atoms with Gasteiger partial charge in [-0.15, -0.1) is 11.3 Å². The number of nitrogens with one attached hydrogen (secondary N) is 1. The predicted molar refractivity (Wildman–Crippen MR) is 90.9 cm³/mol. The van der Waals surface area contributed by atoms with E-state index in [4.69, 9.17) is 15.3 Å². The minimum absolute atomic E-state index is 0.0882. The molecule has 0 radical (unpaired) electrons. The van der Waals surface area contributed by atoms with Gasteiger partial charge in [0.05, 0.1) is 23.0 Å². The molecule has 2 heterocycles. The number of hydrogen-bond donors (Lipinski definition) is 2. The molecule has 0 aliphatic carbocycles. The Morgan fingerprint density at radius 2 is 1.90 bits per heavy atom. The summed E-state index contributed by atoms with van der Waals surface area (Å²) in [5, 5.41) is 0. The van der Waals surface area contributed by atoms with Crippen LogP contribution < -0.4 is 20.7 Å². The Morgan fingerprint density at radius 1 is 1.14 bits per heavy atom. The van der Waals surface area contributed by atoms with Crippen LogP contribution in [0.3, 0.4) is 0 Å². The monoisotopic (exact) mass is 432 g/mol. The van der Waals surface area contributed by atoms with Crippen LogP contribution in [0.4, 0.5) is 0 Å². The Morgan fingerprint density at radius 3 is 2.57 bits per heavy atom. The van der Waals surface area contributed by atoms with Crippen molar-refractivity contribution in [1.82, 2.24) is 5.43 Å². The lowest BCUT2D eigenvalue weighted by Gasteiger charge is -2.16. The fourth-order valence-corrected chi connectivity index (χ4v) is 4.39. The number of fused-ring (bicyclic) bond motifs is 1. The molecule has 1 aliphatic heterocycles. The molecule has 3 rings (SSSR count). The quantitative estimate of drug-likeness (QED) is 0.567. The van der Waals surface area contributed by atoms with Crippen LogP contribution in [0.1, 0.15) is 22.9 Å². The van der Waals surface area contributed by atoms with Crippen LogP contribution in [0.15, 0.2) is 32.5 Å². The van der Waals surface area contributed by atoms with Gasteiger partial charge in [0.25, 0.3) is 0 Å². The first-order valence-electron chi connectivity index (χ1n) is 6.49. The summed E-state index contributed by atoms with van der Waals surface area (Å²) in [6.45, 7) is 1.36. The zero-order chi connectivity index (χ0) is 14.8. The zero-order valence-corrected chi connectivity index (χ0v) is 15.1. The molecule has 0 saturated carbocycles. The van der Waals surface area contributed by atoms with Crippen molar-refractivity contribution in [3.63, 3.8) is 0 Å². The van der Waals surface area contributed by atoms with Crippen molar-refractivity contribution in [1.29, 1.82) is 0 Å². The molecule has 21 heavy (non-hydrogen) atoms. The van der Waals surface area contributed by atoms with E-state index in [0.717, 1.165) is 36.6 Å². The summed E-state index contributed by atoms with van der Waals surface area (Å²) in [4.78, 5) is 1.12. The summed E-state index contributed by atoms with van der Waals surface area (Å²) in [5.74, 6) is 7.33. The first kappa shape index (κ1) is 15.3. The number of rotatable bonds is 3. The van der Waals surface area contributed by atoms with Gasteiger partial charge >= 0.3 is 0 Å². The molecule has 0 amide bonds. The second-order valence-electron chi connectivity index (χ2n) is 4.63. The molecule has 3 N–H and O–H groups in total. The molecule has 0 spiro atoms. The number of ether oxygens (including phenoxy) is 2. The van der Waals surface area contributed by atoms with Crippen LogP contribution in [0.2, 0.25) is 0 Å². The Bertz CT molecular complexity index is 628. The van der Waals surface area contributed by atoms with E-state index in [2.05, 4.69) is 43.4 Å². The van der Waals surface area contributed by atoms with Crippen LogP contribution in [0.5, 0.6) is 11.5 Å². The second kappa shape index (κ2) is 6.66. The maximum Gasteiger partial charge on any atom is 0.161 e. The highest BCUT2D eigenvalue weighted by atomic mass is 79.9. The Labute approximate surface area is 143 Å². The van der Waals surface area contributed by atoms with Crippen molar-refractivity contribution in [3.05, 3.63) is 43.0 Å². The highest BCUT2D eigenvalue weighted by molar-refractivity contribution is 9.13. The Kier molecular flexibility index (Phi) is 4.85. The highest BCUT2D eigenvalue weighted by Gasteiger charge is 2.19. The van der Waals surface area contributed by atoms with E-state index < -0.39 is 0 Å². The SMILES string of the molecule is NNC(c1ccc2c(c1)OCCCO2)c1cc(Br)c(Br)s1. The third-order valence-electron chi connectivity index (χ3n) is 3.22. The minimum atomic E-state index is -0.0882. The van der Waals surface area contributed by atoms with Crippen LogP contribution in [0.25, 0.3) is 0 Å². The summed E-state index contributed by atoms with van der Waals surface area (Å²) < 4.78 is 13.5. The largest absolute Gasteiger partial charge is 0.490 e. The average molecular weight is 434 g/mol. The van der Waals surface area contributed by atoms with Gasteiger partial charge in [-0.3, -0.25) is 5.84 Å². The van der Waals surface area contributed by atoms with Crippen molar-refractivity contribution in [2.75, 3.05) is 13.2 Å². The summed E-state index contributed by atoms with van der Waals surface area (Å²) in [6.07, 6.45) is 0.896. The van der Waals surface area contributed by atoms with Crippen molar-refractivity contribution < 1.29 is 9.47 Å². The van der Waals surface area contributed by atoms with Crippen LogP contribution in [-0.4, -0.2) is 13.2 Å². The summed E-state index contributed by atoms with van der Waals surface area (Å²) >= 11 is 8.66. The van der Waals surface area contributed by atoms with E-state index in [-0.39, 0.29) is 6.04 Å². The van der Waals surface area contributed by atoms with Gasteiger partial charge in [0.15, 0.2) is 11.5 Å². The molecule has 0 fully saturated rings. The Balaban J connectivity index is 1.95. The number of halogens is 2. The van der Waals surface area contributed by atoms with E-state index >= 15 is 0 Å². The summed E-state index contributed by atoms with van der Waals surface area (Å²) in [5.41, 5.74) is 3.91. The van der Waals surface area contributed by atoms with Crippen molar-refractivity contribution >= 4 is 43.2 Å². The third kappa shape index (κ3) is 3.27. The van der Waals surface area contributed by atoms with Crippen LogP contribution in [-0.2, 0) is 0 Å². The first-order valence-corrected chi connectivity index (χ1v) is 8.89. The van der Waals surface area contributed by atoms with Gasteiger partial charge in [-0.25, -0.2) is 5.43 Å². The molecule has 4 nitrogen and oxygen atoms in total. The highest BCUT2D eigenvalue weighted by Crippen LogP contribution is 2.39. The average Bonchev–Trinajstić information content (AvgIpc) is 2.69. The molecule has 7 heteroatoms. The molecule has 0 bridgehead atoms. The van der Waals surface area contributed by atoms with Crippen molar-refractivity contribution in [2.24, 2.45) is 5.84 Å². The third-order valence-corrected chi connectivity index (χ3v) is 6.54. The number of hydrogen-bond acceptors (Lipinski definition) is 5. The molecular weight excluding hydrogens is 420 g/mol. The van der Waals surface area contributed by atoms with Gasteiger partial charge in [0, 0.05) is 15.8 Å². The lowest BCUT2D eigenvalue weighted by atomic mass is 10.1. The number of benzene rings is 1.